The second-order valence-corrected chi connectivity index (χ2v) is 12.9. The van der Waals surface area contributed by atoms with Crippen LogP contribution >= 0.6 is 0 Å². The molecular formula is C42H25NO10. The minimum absolute atomic E-state index is 0.0183. The Labute approximate surface area is 296 Å². The number of nitrogens with zero attached hydrogens (tertiary/aromatic N) is 1. The zero-order valence-corrected chi connectivity index (χ0v) is 27.2. The zero-order chi connectivity index (χ0) is 36.4. The second-order valence-electron chi connectivity index (χ2n) is 12.9. The van der Waals surface area contributed by atoms with E-state index >= 15 is 0 Å². The highest BCUT2D eigenvalue weighted by molar-refractivity contribution is 6.16. The molecule has 3 aromatic heterocycles. The third kappa shape index (κ3) is 3.92. The Hall–Kier alpha value is -7.66. The number of hydrogen-bond donors (Lipinski definition) is 8. The topological polar surface area (TPSA) is 193 Å². The summed E-state index contributed by atoms with van der Waals surface area (Å²) in [5.74, 6) is -5.67. The number of para-hydroxylation sites is 3. The van der Waals surface area contributed by atoms with Gasteiger partial charge in [0.1, 0.15) is 11.2 Å². The van der Waals surface area contributed by atoms with Crippen molar-refractivity contribution in [3.05, 3.63) is 103 Å². The zero-order valence-electron chi connectivity index (χ0n) is 27.2. The summed E-state index contributed by atoms with van der Waals surface area (Å²) in [6.45, 7) is 0. The van der Waals surface area contributed by atoms with Crippen molar-refractivity contribution >= 4 is 65.7 Å². The van der Waals surface area contributed by atoms with Gasteiger partial charge in [-0.05, 0) is 53.6 Å². The molecule has 7 aromatic carbocycles. The van der Waals surface area contributed by atoms with Gasteiger partial charge < -0.3 is 54.3 Å². The highest BCUT2D eigenvalue weighted by Crippen LogP contribution is 2.56. The summed E-state index contributed by atoms with van der Waals surface area (Å²) in [6.07, 6.45) is 0. The Bertz CT molecular complexity index is 3190. The van der Waals surface area contributed by atoms with E-state index in [0.717, 1.165) is 21.7 Å². The summed E-state index contributed by atoms with van der Waals surface area (Å²) in [6, 6.07) is 30.2. The molecule has 0 atom stereocenters. The number of phenols is 8. The van der Waals surface area contributed by atoms with E-state index in [1.54, 1.807) is 54.6 Å². The number of fused-ring (bicyclic) bond motifs is 9. The van der Waals surface area contributed by atoms with Crippen LogP contribution in [0.3, 0.4) is 0 Å². The lowest BCUT2D eigenvalue weighted by molar-refractivity contribution is 0.348. The Morgan fingerprint density at radius 1 is 0.377 bits per heavy atom. The fourth-order valence-electron chi connectivity index (χ4n) is 7.65. The van der Waals surface area contributed by atoms with Crippen molar-refractivity contribution in [3.8, 4) is 73.9 Å². The van der Waals surface area contributed by atoms with Crippen molar-refractivity contribution in [2.75, 3.05) is 0 Å². The molecule has 0 aliphatic rings. The molecule has 53 heavy (non-hydrogen) atoms. The van der Waals surface area contributed by atoms with Gasteiger partial charge >= 0.3 is 0 Å². The van der Waals surface area contributed by atoms with Crippen molar-refractivity contribution in [3.63, 3.8) is 0 Å². The van der Waals surface area contributed by atoms with Crippen molar-refractivity contribution < 1.29 is 49.7 Å². The van der Waals surface area contributed by atoms with Crippen LogP contribution in [0.25, 0.3) is 93.6 Å². The number of aromatic hydroxyl groups is 8. The summed E-state index contributed by atoms with van der Waals surface area (Å²) in [5, 5.41) is 90.8. The molecule has 3 heterocycles. The molecule has 0 bridgehead atoms. The average Bonchev–Trinajstić information content (AvgIpc) is 3.85. The van der Waals surface area contributed by atoms with Gasteiger partial charge in [0.15, 0.2) is 39.9 Å². The molecule has 0 radical (unpaired) electrons. The Morgan fingerprint density at radius 2 is 0.943 bits per heavy atom. The van der Waals surface area contributed by atoms with E-state index in [0.29, 0.717) is 44.3 Å². The predicted molar refractivity (Wildman–Crippen MR) is 200 cm³/mol. The monoisotopic (exact) mass is 703 g/mol. The SMILES string of the molecule is Oc1c(O)c(-c2ccc3c(c2)c2ccccc2n3-c2cccc3c2oc2c(O)c(O)c(O)c(O)c23)c(O)c(O)c1-c1ccc2oc3ccccc3c2c1. The van der Waals surface area contributed by atoms with Gasteiger partial charge in [0.2, 0.25) is 17.2 Å². The van der Waals surface area contributed by atoms with Gasteiger partial charge in [0.05, 0.1) is 33.2 Å². The summed E-state index contributed by atoms with van der Waals surface area (Å²) in [5.41, 5.74) is 3.50. The van der Waals surface area contributed by atoms with Crippen molar-refractivity contribution in [2.45, 2.75) is 0 Å². The molecule has 0 spiro atoms. The van der Waals surface area contributed by atoms with E-state index in [1.165, 1.54) is 0 Å². The first-order valence-corrected chi connectivity index (χ1v) is 16.4. The Kier molecular flexibility index (Phi) is 5.94. The lowest BCUT2D eigenvalue weighted by Crippen LogP contribution is -1.94. The first kappa shape index (κ1) is 30.2. The van der Waals surface area contributed by atoms with E-state index in [9.17, 15) is 40.9 Å². The second kappa shape index (κ2) is 10.4. The maximum atomic E-state index is 11.4. The van der Waals surface area contributed by atoms with Crippen molar-refractivity contribution in [1.82, 2.24) is 4.57 Å². The van der Waals surface area contributed by atoms with E-state index < -0.39 is 46.0 Å². The van der Waals surface area contributed by atoms with Crippen LogP contribution in [0, 0.1) is 0 Å². The first-order chi connectivity index (χ1) is 25.6. The number of phenolic OH excluding ortho intramolecular Hbond substituents is 8. The largest absolute Gasteiger partial charge is 0.504 e. The summed E-state index contributed by atoms with van der Waals surface area (Å²) in [7, 11) is 0. The van der Waals surface area contributed by atoms with Gasteiger partial charge in [-0.2, -0.15) is 0 Å². The summed E-state index contributed by atoms with van der Waals surface area (Å²) in [4.78, 5) is 0. The van der Waals surface area contributed by atoms with Crippen molar-refractivity contribution in [2.24, 2.45) is 0 Å². The van der Waals surface area contributed by atoms with E-state index in [2.05, 4.69) is 0 Å². The lowest BCUT2D eigenvalue weighted by Gasteiger charge is -2.16. The fraction of sp³-hybridized carbons (Fsp3) is 0. The third-order valence-corrected chi connectivity index (χ3v) is 10.1. The molecule has 0 fully saturated rings. The Morgan fingerprint density at radius 3 is 1.68 bits per heavy atom. The summed E-state index contributed by atoms with van der Waals surface area (Å²) < 4.78 is 13.9. The Balaban J connectivity index is 1.17. The van der Waals surface area contributed by atoms with Crippen LogP contribution < -0.4 is 0 Å². The molecule has 0 amide bonds. The quantitative estimate of drug-likeness (QED) is 0.0649. The van der Waals surface area contributed by atoms with Gasteiger partial charge in [-0.25, -0.2) is 0 Å². The highest BCUT2D eigenvalue weighted by Gasteiger charge is 2.28. The van der Waals surface area contributed by atoms with Gasteiger partial charge in [0.25, 0.3) is 0 Å². The van der Waals surface area contributed by atoms with Crippen LogP contribution in [0.2, 0.25) is 0 Å². The van der Waals surface area contributed by atoms with E-state index in [1.807, 2.05) is 53.1 Å². The molecule has 10 rings (SSSR count). The van der Waals surface area contributed by atoms with Crippen LogP contribution in [0.5, 0.6) is 46.0 Å². The standard InChI is InChI=1S/C42H25NO10/c44-33-30(34(45)36(47)31(35(33)46)19-13-15-29-24(17-19)21-7-2-4-11-28(21)52-29)18-12-14-26-23(16-18)20-6-1-3-9-25(20)43(26)27-10-5-8-22-32-37(48)38(49)39(50)40(51)42(32)53-41(22)27/h1-17,44-51H. The van der Waals surface area contributed by atoms with Crippen LogP contribution in [0.1, 0.15) is 0 Å². The summed E-state index contributed by atoms with van der Waals surface area (Å²) >= 11 is 0. The first-order valence-electron chi connectivity index (χ1n) is 16.4. The maximum absolute atomic E-state index is 11.4. The predicted octanol–water partition coefficient (Wildman–Crippen LogP) is 9.56. The van der Waals surface area contributed by atoms with Gasteiger partial charge in [0, 0.05) is 26.9 Å². The van der Waals surface area contributed by atoms with Crippen LogP contribution in [-0.4, -0.2) is 45.4 Å². The molecule has 11 nitrogen and oxygen atoms in total. The van der Waals surface area contributed by atoms with Gasteiger partial charge in [-0.15, -0.1) is 0 Å². The van der Waals surface area contributed by atoms with Gasteiger partial charge in [-0.1, -0.05) is 60.7 Å². The number of hydrogen-bond acceptors (Lipinski definition) is 10. The molecular weight excluding hydrogens is 678 g/mol. The molecule has 0 unspecified atom stereocenters. The van der Waals surface area contributed by atoms with E-state index in [4.69, 9.17) is 8.83 Å². The number of furan rings is 2. The normalized spacial score (nSPS) is 12.0. The maximum Gasteiger partial charge on any atom is 0.208 e. The molecule has 258 valence electrons. The minimum atomic E-state index is -0.913. The van der Waals surface area contributed by atoms with Gasteiger partial charge in [-0.3, -0.25) is 0 Å². The molecule has 0 aliphatic heterocycles. The van der Waals surface area contributed by atoms with Crippen LogP contribution in [0.15, 0.2) is 112 Å². The number of aromatic nitrogens is 1. The molecule has 8 N–H and O–H groups in total. The third-order valence-electron chi connectivity index (χ3n) is 10.1. The molecule has 10 aromatic rings. The van der Waals surface area contributed by atoms with Crippen LogP contribution in [0.4, 0.5) is 0 Å². The fourth-order valence-corrected chi connectivity index (χ4v) is 7.65. The van der Waals surface area contributed by atoms with Crippen LogP contribution in [-0.2, 0) is 0 Å². The molecule has 11 heteroatoms. The lowest BCUT2D eigenvalue weighted by atomic mass is 9.94. The molecule has 0 aliphatic carbocycles. The number of rotatable bonds is 3. The van der Waals surface area contributed by atoms with Crippen molar-refractivity contribution in [1.29, 1.82) is 0 Å². The number of benzene rings is 7. The molecule has 0 saturated carbocycles. The minimum Gasteiger partial charge on any atom is -0.504 e. The van der Waals surface area contributed by atoms with E-state index in [-0.39, 0.29) is 27.7 Å². The molecule has 0 saturated heterocycles. The average molecular weight is 704 g/mol. The smallest absolute Gasteiger partial charge is 0.208 e. The highest BCUT2D eigenvalue weighted by atomic mass is 16.4.